The SMILES string of the molecule is CCCCC[C@H]1CC[C@H](c2ccc3c(c2)CCC(C)C3)CC1. The second kappa shape index (κ2) is 7.66. The molecule has 0 nitrogen and oxygen atoms in total. The monoisotopic (exact) mass is 298 g/mol. The van der Waals surface area contributed by atoms with E-state index in [4.69, 9.17) is 0 Å². The second-order valence-corrected chi connectivity index (χ2v) is 8.09. The van der Waals surface area contributed by atoms with Crippen LogP contribution in [-0.4, -0.2) is 0 Å². The summed E-state index contributed by atoms with van der Waals surface area (Å²) < 4.78 is 0. The van der Waals surface area contributed by atoms with Gasteiger partial charge in [-0.25, -0.2) is 0 Å². The smallest absolute Gasteiger partial charge is 0.0162 e. The van der Waals surface area contributed by atoms with Gasteiger partial charge in [-0.05, 0) is 79.4 Å². The van der Waals surface area contributed by atoms with E-state index in [1.165, 1.54) is 70.6 Å². The Bertz CT molecular complexity index is 465. The summed E-state index contributed by atoms with van der Waals surface area (Å²) in [4.78, 5) is 0. The molecule has 1 atom stereocenters. The predicted octanol–water partition coefficient (Wildman–Crippen LogP) is 6.67. The van der Waals surface area contributed by atoms with Crippen molar-refractivity contribution in [3.63, 3.8) is 0 Å². The maximum Gasteiger partial charge on any atom is -0.0162 e. The number of unbranched alkanes of at least 4 members (excludes halogenated alkanes) is 2. The number of aryl methyl sites for hydroxylation is 1. The first-order valence-corrected chi connectivity index (χ1v) is 9.88. The van der Waals surface area contributed by atoms with Crippen molar-refractivity contribution in [2.45, 2.75) is 90.4 Å². The summed E-state index contributed by atoms with van der Waals surface area (Å²) in [6, 6.07) is 7.48. The molecule has 0 aliphatic heterocycles. The van der Waals surface area contributed by atoms with E-state index in [1.54, 1.807) is 16.7 Å². The Morgan fingerprint density at radius 1 is 0.955 bits per heavy atom. The van der Waals surface area contributed by atoms with Crippen LogP contribution in [0.4, 0.5) is 0 Å². The average Bonchev–Trinajstić information content (AvgIpc) is 2.55. The zero-order chi connectivity index (χ0) is 15.4. The number of rotatable bonds is 5. The molecule has 0 heteroatoms. The van der Waals surface area contributed by atoms with Crippen LogP contribution in [0, 0.1) is 11.8 Å². The highest BCUT2D eigenvalue weighted by atomic mass is 14.3. The molecule has 3 rings (SSSR count). The molecule has 1 saturated carbocycles. The molecule has 0 bridgehead atoms. The van der Waals surface area contributed by atoms with Crippen molar-refractivity contribution in [3.05, 3.63) is 34.9 Å². The van der Waals surface area contributed by atoms with Gasteiger partial charge < -0.3 is 0 Å². The fourth-order valence-corrected chi connectivity index (χ4v) is 4.68. The third-order valence-electron chi connectivity index (χ3n) is 6.24. The highest BCUT2D eigenvalue weighted by molar-refractivity contribution is 5.36. The Morgan fingerprint density at radius 2 is 1.77 bits per heavy atom. The summed E-state index contributed by atoms with van der Waals surface area (Å²) in [5, 5.41) is 0. The largest absolute Gasteiger partial charge is 0.0654 e. The van der Waals surface area contributed by atoms with Gasteiger partial charge in [-0.2, -0.15) is 0 Å². The van der Waals surface area contributed by atoms with Crippen molar-refractivity contribution in [2.75, 3.05) is 0 Å². The van der Waals surface area contributed by atoms with Crippen LogP contribution in [0.1, 0.15) is 94.2 Å². The molecular formula is C22H34. The number of fused-ring (bicyclic) bond motifs is 1. The summed E-state index contributed by atoms with van der Waals surface area (Å²) >= 11 is 0. The average molecular weight is 299 g/mol. The second-order valence-electron chi connectivity index (χ2n) is 8.09. The Labute approximate surface area is 137 Å². The van der Waals surface area contributed by atoms with E-state index in [0.717, 1.165) is 17.8 Å². The van der Waals surface area contributed by atoms with Gasteiger partial charge in [0.15, 0.2) is 0 Å². The van der Waals surface area contributed by atoms with Crippen molar-refractivity contribution in [1.29, 1.82) is 0 Å². The number of benzene rings is 1. The van der Waals surface area contributed by atoms with E-state index in [1.807, 2.05) is 0 Å². The first kappa shape index (κ1) is 16.1. The minimum Gasteiger partial charge on any atom is -0.0654 e. The Balaban J connectivity index is 1.55. The zero-order valence-electron chi connectivity index (χ0n) is 14.7. The summed E-state index contributed by atoms with van der Waals surface area (Å²) in [5.74, 6) is 2.77. The molecule has 0 amide bonds. The van der Waals surface area contributed by atoms with E-state index in [0.29, 0.717) is 0 Å². The fraction of sp³-hybridized carbons (Fsp3) is 0.727. The molecule has 1 unspecified atom stereocenters. The van der Waals surface area contributed by atoms with Crippen molar-refractivity contribution in [1.82, 2.24) is 0 Å². The van der Waals surface area contributed by atoms with Crippen LogP contribution in [0.25, 0.3) is 0 Å². The first-order valence-electron chi connectivity index (χ1n) is 9.88. The summed E-state index contributed by atoms with van der Waals surface area (Å²) in [6.07, 6.45) is 15.6. The van der Waals surface area contributed by atoms with Gasteiger partial charge in [0.25, 0.3) is 0 Å². The molecule has 0 radical (unpaired) electrons. The van der Waals surface area contributed by atoms with Crippen molar-refractivity contribution in [3.8, 4) is 0 Å². The van der Waals surface area contributed by atoms with E-state index in [2.05, 4.69) is 32.0 Å². The minimum atomic E-state index is 0.854. The van der Waals surface area contributed by atoms with Gasteiger partial charge >= 0.3 is 0 Å². The van der Waals surface area contributed by atoms with Gasteiger partial charge in [-0.1, -0.05) is 57.7 Å². The topological polar surface area (TPSA) is 0 Å². The van der Waals surface area contributed by atoms with Gasteiger partial charge in [-0.3, -0.25) is 0 Å². The lowest BCUT2D eigenvalue weighted by molar-refractivity contribution is 0.302. The molecule has 22 heavy (non-hydrogen) atoms. The molecule has 1 aromatic carbocycles. The third-order valence-corrected chi connectivity index (χ3v) is 6.24. The highest BCUT2D eigenvalue weighted by Crippen LogP contribution is 2.39. The molecule has 2 aliphatic carbocycles. The van der Waals surface area contributed by atoms with Crippen LogP contribution in [0.15, 0.2) is 18.2 Å². The van der Waals surface area contributed by atoms with Crippen molar-refractivity contribution >= 4 is 0 Å². The van der Waals surface area contributed by atoms with Gasteiger partial charge in [0.2, 0.25) is 0 Å². The number of hydrogen-bond acceptors (Lipinski definition) is 0. The first-order chi connectivity index (χ1) is 10.8. The summed E-state index contributed by atoms with van der Waals surface area (Å²) in [6.45, 7) is 4.71. The standard InChI is InChI=1S/C22H34/c1-3-4-5-6-18-8-11-19(12-9-18)21-14-13-20-15-17(2)7-10-22(20)16-21/h13-14,16-19H,3-12,15H2,1-2H3/t17?,18-,19-. The lowest BCUT2D eigenvalue weighted by Crippen LogP contribution is -2.15. The van der Waals surface area contributed by atoms with Crippen LogP contribution >= 0.6 is 0 Å². The van der Waals surface area contributed by atoms with Gasteiger partial charge in [0.05, 0.1) is 0 Å². The van der Waals surface area contributed by atoms with E-state index >= 15 is 0 Å². The molecular weight excluding hydrogens is 264 g/mol. The molecule has 1 aromatic rings. The predicted molar refractivity (Wildman–Crippen MR) is 96.5 cm³/mol. The lowest BCUT2D eigenvalue weighted by atomic mass is 9.75. The van der Waals surface area contributed by atoms with Crippen LogP contribution in [0.3, 0.4) is 0 Å². The van der Waals surface area contributed by atoms with Gasteiger partial charge in [-0.15, -0.1) is 0 Å². The van der Waals surface area contributed by atoms with Crippen LogP contribution in [-0.2, 0) is 12.8 Å². The molecule has 0 spiro atoms. The van der Waals surface area contributed by atoms with Crippen molar-refractivity contribution in [2.24, 2.45) is 11.8 Å². The Hall–Kier alpha value is -0.780. The maximum atomic E-state index is 2.57. The quantitative estimate of drug-likeness (QED) is 0.533. The Kier molecular flexibility index (Phi) is 5.61. The normalized spacial score (nSPS) is 28.4. The van der Waals surface area contributed by atoms with E-state index < -0.39 is 0 Å². The van der Waals surface area contributed by atoms with Gasteiger partial charge in [0.1, 0.15) is 0 Å². The van der Waals surface area contributed by atoms with Gasteiger partial charge in [0, 0.05) is 0 Å². The van der Waals surface area contributed by atoms with Crippen molar-refractivity contribution < 1.29 is 0 Å². The van der Waals surface area contributed by atoms with E-state index in [9.17, 15) is 0 Å². The van der Waals surface area contributed by atoms with E-state index in [-0.39, 0.29) is 0 Å². The van der Waals surface area contributed by atoms with Crippen LogP contribution in [0.5, 0.6) is 0 Å². The molecule has 0 N–H and O–H groups in total. The fourth-order valence-electron chi connectivity index (χ4n) is 4.68. The molecule has 0 heterocycles. The molecule has 0 saturated heterocycles. The highest BCUT2D eigenvalue weighted by Gasteiger charge is 2.23. The van der Waals surface area contributed by atoms with Crippen LogP contribution in [0.2, 0.25) is 0 Å². The summed E-state index contributed by atoms with van der Waals surface area (Å²) in [7, 11) is 0. The lowest BCUT2D eigenvalue weighted by Gasteiger charge is -2.30. The Morgan fingerprint density at radius 3 is 2.55 bits per heavy atom. The zero-order valence-corrected chi connectivity index (χ0v) is 14.7. The minimum absolute atomic E-state index is 0.854. The van der Waals surface area contributed by atoms with Crippen LogP contribution < -0.4 is 0 Å². The molecule has 2 aliphatic rings. The molecule has 122 valence electrons. The maximum absolute atomic E-state index is 2.57. The molecule has 1 fully saturated rings. The number of hydrogen-bond donors (Lipinski definition) is 0. The summed E-state index contributed by atoms with van der Waals surface area (Å²) in [5.41, 5.74) is 4.96. The third kappa shape index (κ3) is 3.94. The molecule has 0 aromatic heterocycles.